The summed E-state index contributed by atoms with van der Waals surface area (Å²) < 4.78 is 5.35. The van der Waals surface area contributed by atoms with E-state index in [9.17, 15) is 4.79 Å². The van der Waals surface area contributed by atoms with Crippen LogP contribution in [0.3, 0.4) is 0 Å². The van der Waals surface area contributed by atoms with E-state index in [1.54, 1.807) is 0 Å². The minimum atomic E-state index is -0.370. The van der Waals surface area contributed by atoms with Crippen molar-refractivity contribution in [2.24, 2.45) is 0 Å². The molecule has 0 bridgehead atoms. The highest BCUT2D eigenvalue weighted by atomic mass is 16.5. The van der Waals surface area contributed by atoms with Crippen molar-refractivity contribution >= 4 is 6.29 Å². The van der Waals surface area contributed by atoms with Gasteiger partial charge in [0.2, 0.25) is 0 Å². The van der Waals surface area contributed by atoms with Gasteiger partial charge in [-0.15, -0.1) is 0 Å². The highest BCUT2D eigenvalue weighted by Crippen LogP contribution is 2.26. The summed E-state index contributed by atoms with van der Waals surface area (Å²) in [6.07, 6.45) is 1.83. The number of hydrogen-bond acceptors (Lipinski definition) is 2. The van der Waals surface area contributed by atoms with Gasteiger partial charge in [-0.25, -0.2) is 0 Å². The van der Waals surface area contributed by atoms with E-state index in [-0.39, 0.29) is 5.41 Å². The fourth-order valence-electron chi connectivity index (χ4n) is 1.45. The maximum atomic E-state index is 11.0. The molecule has 1 rings (SSSR count). The van der Waals surface area contributed by atoms with Crippen molar-refractivity contribution in [3.05, 3.63) is 29.8 Å². The van der Waals surface area contributed by atoms with Crippen molar-refractivity contribution in [3.63, 3.8) is 0 Å². The lowest BCUT2D eigenvalue weighted by atomic mass is 9.82. The predicted octanol–water partition coefficient (Wildman–Crippen LogP) is 2.95. The zero-order valence-electron chi connectivity index (χ0n) is 9.62. The van der Waals surface area contributed by atoms with Crippen LogP contribution in [0, 0.1) is 0 Å². The molecule has 0 radical (unpaired) electrons. The first-order valence-corrected chi connectivity index (χ1v) is 5.36. The fourth-order valence-corrected chi connectivity index (χ4v) is 1.45. The van der Waals surface area contributed by atoms with E-state index < -0.39 is 0 Å². The number of ether oxygens (including phenoxy) is 1. The molecule has 82 valence electrons. The van der Waals surface area contributed by atoms with E-state index in [0.29, 0.717) is 6.61 Å². The second-order valence-electron chi connectivity index (χ2n) is 3.85. The number of benzene rings is 1. The van der Waals surface area contributed by atoms with Gasteiger partial charge in [0.1, 0.15) is 12.0 Å². The molecule has 0 saturated heterocycles. The highest BCUT2D eigenvalue weighted by molar-refractivity contribution is 5.67. The van der Waals surface area contributed by atoms with Crippen LogP contribution in [0.2, 0.25) is 0 Å². The topological polar surface area (TPSA) is 26.3 Å². The molecule has 0 aromatic heterocycles. The molecule has 1 aromatic rings. The Bertz CT molecular complexity index is 316. The van der Waals surface area contributed by atoms with Crippen LogP contribution in [-0.2, 0) is 10.2 Å². The SMILES string of the molecule is CCOc1ccc(C(C)(C=O)CC)cc1. The van der Waals surface area contributed by atoms with Crippen LogP contribution in [0.1, 0.15) is 32.8 Å². The molecule has 0 spiro atoms. The van der Waals surface area contributed by atoms with Crippen LogP contribution in [-0.4, -0.2) is 12.9 Å². The average molecular weight is 206 g/mol. The van der Waals surface area contributed by atoms with Gasteiger partial charge in [-0.3, -0.25) is 0 Å². The van der Waals surface area contributed by atoms with Crippen molar-refractivity contribution in [3.8, 4) is 5.75 Å². The normalized spacial score (nSPS) is 14.3. The van der Waals surface area contributed by atoms with Gasteiger partial charge in [-0.2, -0.15) is 0 Å². The maximum Gasteiger partial charge on any atom is 0.130 e. The lowest BCUT2D eigenvalue weighted by molar-refractivity contribution is -0.112. The lowest BCUT2D eigenvalue weighted by Crippen LogP contribution is -2.22. The first kappa shape index (κ1) is 11.8. The number of carbonyl (C=O) groups excluding carboxylic acids is 1. The molecular formula is C13H18O2. The van der Waals surface area contributed by atoms with Gasteiger partial charge in [0, 0.05) is 5.41 Å². The van der Waals surface area contributed by atoms with E-state index in [2.05, 4.69) is 0 Å². The van der Waals surface area contributed by atoms with Crippen LogP contribution in [0.4, 0.5) is 0 Å². The van der Waals surface area contributed by atoms with Gasteiger partial charge in [0.15, 0.2) is 0 Å². The zero-order chi connectivity index (χ0) is 11.3. The Morgan fingerprint density at radius 1 is 1.27 bits per heavy atom. The summed E-state index contributed by atoms with van der Waals surface area (Å²) in [5.41, 5.74) is 0.675. The van der Waals surface area contributed by atoms with Gasteiger partial charge in [0.05, 0.1) is 6.61 Å². The van der Waals surface area contributed by atoms with Gasteiger partial charge in [-0.1, -0.05) is 19.1 Å². The minimum Gasteiger partial charge on any atom is -0.494 e. The Morgan fingerprint density at radius 2 is 1.87 bits per heavy atom. The molecule has 2 nitrogen and oxygen atoms in total. The Balaban J connectivity index is 2.92. The summed E-state index contributed by atoms with van der Waals surface area (Å²) >= 11 is 0. The smallest absolute Gasteiger partial charge is 0.130 e. The van der Waals surface area contributed by atoms with Crippen LogP contribution in [0.15, 0.2) is 24.3 Å². The van der Waals surface area contributed by atoms with Gasteiger partial charge < -0.3 is 9.53 Å². The Hall–Kier alpha value is -1.31. The molecule has 15 heavy (non-hydrogen) atoms. The molecular weight excluding hydrogens is 188 g/mol. The van der Waals surface area contributed by atoms with Crippen LogP contribution < -0.4 is 4.74 Å². The molecule has 1 unspecified atom stereocenters. The number of hydrogen-bond donors (Lipinski definition) is 0. The van der Waals surface area contributed by atoms with E-state index in [1.807, 2.05) is 45.0 Å². The third-order valence-corrected chi connectivity index (χ3v) is 2.82. The number of carbonyl (C=O) groups is 1. The summed E-state index contributed by atoms with van der Waals surface area (Å²) in [7, 11) is 0. The van der Waals surface area contributed by atoms with E-state index in [0.717, 1.165) is 24.0 Å². The van der Waals surface area contributed by atoms with E-state index >= 15 is 0 Å². The molecule has 2 heteroatoms. The molecule has 0 aliphatic carbocycles. The molecule has 0 fully saturated rings. The predicted molar refractivity (Wildman–Crippen MR) is 61.3 cm³/mol. The summed E-state index contributed by atoms with van der Waals surface area (Å²) in [6, 6.07) is 7.75. The van der Waals surface area contributed by atoms with Crippen molar-refractivity contribution in [2.75, 3.05) is 6.61 Å². The van der Waals surface area contributed by atoms with E-state index in [1.165, 1.54) is 0 Å². The van der Waals surface area contributed by atoms with Crippen molar-refractivity contribution in [1.82, 2.24) is 0 Å². The van der Waals surface area contributed by atoms with Gasteiger partial charge in [-0.05, 0) is 38.0 Å². The maximum absolute atomic E-state index is 11.0. The number of aldehydes is 1. The Morgan fingerprint density at radius 3 is 2.27 bits per heavy atom. The number of rotatable bonds is 5. The quantitative estimate of drug-likeness (QED) is 0.692. The summed E-state index contributed by atoms with van der Waals surface area (Å²) in [5.74, 6) is 0.852. The molecule has 0 heterocycles. The van der Waals surface area contributed by atoms with Crippen molar-refractivity contribution < 1.29 is 9.53 Å². The van der Waals surface area contributed by atoms with Crippen LogP contribution in [0.5, 0.6) is 5.75 Å². The first-order valence-electron chi connectivity index (χ1n) is 5.36. The molecule has 1 atom stereocenters. The molecule has 0 saturated carbocycles. The summed E-state index contributed by atoms with van der Waals surface area (Å²) in [4.78, 5) is 11.0. The molecule has 0 aliphatic rings. The summed E-state index contributed by atoms with van der Waals surface area (Å²) in [5, 5.41) is 0. The lowest BCUT2D eigenvalue weighted by Gasteiger charge is -2.21. The third kappa shape index (κ3) is 2.58. The highest BCUT2D eigenvalue weighted by Gasteiger charge is 2.23. The largest absolute Gasteiger partial charge is 0.494 e. The Labute approximate surface area is 91.3 Å². The molecule has 0 aliphatic heterocycles. The standard InChI is InChI=1S/C13H18O2/c1-4-13(3,10-14)11-6-8-12(9-7-11)15-5-2/h6-10H,4-5H2,1-3H3. The molecule has 0 N–H and O–H groups in total. The van der Waals surface area contributed by atoms with Gasteiger partial charge >= 0.3 is 0 Å². The molecule has 0 amide bonds. The minimum absolute atomic E-state index is 0.370. The average Bonchev–Trinajstić information content (AvgIpc) is 2.29. The second kappa shape index (κ2) is 4.96. The first-order chi connectivity index (χ1) is 7.16. The third-order valence-electron chi connectivity index (χ3n) is 2.82. The zero-order valence-corrected chi connectivity index (χ0v) is 9.62. The van der Waals surface area contributed by atoms with Crippen molar-refractivity contribution in [1.29, 1.82) is 0 Å². The monoisotopic (exact) mass is 206 g/mol. The van der Waals surface area contributed by atoms with Crippen LogP contribution >= 0.6 is 0 Å². The van der Waals surface area contributed by atoms with E-state index in [4.69, 9.17) is 4.74 Å². The second-order valence-corrected chi connectivity index (χ2v) is 3.85. The fraction of sp³-hybridized carbons (Fsp3) is 0.462. The van der Waals surface area contributed by atoms with Gasteiger partial charge in [0.25, 0.3) is 0 Å². The van der Waals surface area contributed by atoms with Crippen LogP contribution in [0.25, 0.3) is 0 Å². The summed E-state index contributed by atoms with van der Waals surface area (Å²) in [6.45, 7) is 6.59. The van der Waals surface area contributed by atoms with Crippen molar-refractivity contribution in [2.45, 2.75) is 32.6 Å². The molecule has 1 aromatic carbocycles. The Kier molecular flexibility index (Phi) is 3.89.